The van der Waals surface area contributed by atoms with E-state index in [0.29, 0.717) is 0 Å². The maximum Gasteiger partial charge on any atom is 0.182 e. The lowest BCUT2D eigenvalue weighted by Crippen LogP contribution is -2.60. The maximum atomic E-state index is 6.23. The van der Waals surface area contributed by atoms with E-state index in [9.17, 15) is 0 Å². The molecule has 0 aromatic rings. The van der Waals surface area contributed by atoms with Crippen molar-refractivity contribution in [2.75, 3.05) is 7.11 Å². The van der Waals surface area contributed by atoms with E-state index >= 15 is 0 Å². The quantitative estimate of drug-likeness (QED) is 0.623. The molecule has 16 heavy (non-hydrogen) atoms. The Kier molecular flexibility index (Phi) is 6.52. The van der Waals surface area contributed by atoms with Crippen LogP contribution in [-0.2, 0) is 4.43 Å². The van der Waals surface area contributed by atoms with E-state index in [2.05, 4.69) is 55.4 Å². The summed E-state index contributed by atoms with van der Waals surface area (Å²) in [7, 11) is -0.0135. The second-order valence-electron chi connectivity index (χ2n) is 6.07. The Morgan fingerprint density at radius 3 is 1.12 bits per heavy atom. The molecular formula is C13H31OSi2. The Balaban J connectivity index is 5.43. The average Bonchev–Trinajstić information content (AvgIpc) is 2.10. The van der Waals surface area contributed by atoms with Gasteiger partial charge in [-0.15, -0.1) is 0 Å². The molecule has 0 aromatic heterocycles. The average molecular weight is 260 g/mol. The molecular weight excluding hydrogens is 228 g/mol. The standard InChI is InChI=1S/C13H31OSi2/c1-10(2)15(11(3)4)16(14-9,12(5)6)13(7)8/h10-13H,1-9H3. The minimum atomic E-state index is -1.58. The van der Waals surface area contributed by atoms with Crippen molar-refractivity contribution in [1.82, 2.24) is 0 Å². The van der Waals surface area contributed by atoms with Crippen LogP contribution in [0.2, 0.25) is 22.2 Å². The first-order valence-corrected chi connectivity index (χ1v) is 11.4. The first kappa shape index (κ1) is 16.4. The summed E-state index contributed by atoms with van der Waals surface area (Å²) in [5, 5.41) is 0. The molecule has 0 spiro atoms. The Morgan fingerprint density at radius 1 is 0.750 bits per heavy atom. The summed E-state index contributed by atoms with van der Waals surface area (Å²) in [6.45, 7) is 19.1. The lowest BCUT2D eigenvalue weighted by molar-refractivity contribution is 0.388. The maximum absolute atomic E-state index is 6.23. The van der Waals surface area contributed by atoms with Gasteiger partial charge in [0.15, 0.2) is 7.83 Å². The number of rotatable bonds is 6. The van der Waals surface area contributed by atoms with E-state index < -0.39 is 16.1 Å². The van der Waals surface area contributed by atoms with Crippen LogP contribution in [0, 0.1) is 0 Å². The molecule has 0 unspecified atom stereocenters. The molecule has 0 bridgehead atoms. The zero-order valence-electron chi connectivity index (χ0n) is 12.7. The van der Waals surface area contributed by atoms with Gasteiger partial charge >= 0.3 is 0 Å². The molecule has 0 fully saturated rings. The SMILES string of the molecule is CO[Si](C(C)C)(C(C)C)[Si](C(C)C)C(C)C. The van der Waals surface area contributed by atoms with E-state index in [1.165, 1.54) is 0 Å². The van der Waals surface area contributed by atoms with Crippen LogP contribution < -0.4 is 0 Å². The Labute approximate surface area is 106 Å². The Morgan fingerprint density at radius 2 is 1.06 bits per heavy atom. The van der Waals surface area contributed by atoms with Crippen LogP contribution >= 0.6 is 0 Å². The summed E-state index contributed by atoms with van der Waals surface area (Å²) in [5.41, 5.74) is 3.11. The summed E-state index contributed by atoms with van der Waals surface area (Å²) < 4.78 is 6.23. The molecule has 0 aliphatic carbocycles. The van der Waals surface area contributed by atoms with Crippen LogP contribution in [0.4, 0.5) is 0 Å². The second-order valence-corrected chi connectivity index (χ2v) is 17.7. The van der Waals surface area contributed by atoms with E-state index in [0.717, 1.165) is 22.2 Å². The third kappa shape index (κ3) is 2.99. The molecule has 0 rings (SSSR count). The lowest BCUT2D eigenvalue weighted by Gasteiger charge is -2.46. The molecule has 0 amide bonds. The van der Waals surface area contributed by atoms with Gasteiger partial charge in [-0.2, -0.15) is 0 Å². The van der Waals surface area contributed by atoms with E-state index in [1.807, 2.05) is 7.11 Å². The summed E-state index contributed by atoms with van der Waals surface area (Å²) in [6, 6.07) is 0. The van der Waals surface area contributed by atoms with Gasteiger partial charge in [-0.1, -0.05) is 66.5 Å². The second kappa shape index (κ2) is 6.36. The molecule has 0 atom stereocenters. The molecule has 3 heteroatoms. The van der Waals surface area contributed by atoms with Crippen molar-refractivity contribution in [1.29, 1.82) is 0 Å². The van der Waals surface area contributed by atoms with Crippen molar-refractivity contribution < 1.29 is 4.43 Å². The first-order valence-electron chi connectivity index (χ1n) is 6.64. The van der Waals surface area contributed by atoms with E-state index in [-0.39, 0.29) is 0 Å². The van der Waals surface area contributed by atoms with Crippen LogP contribution in [0.25, 0.3) is 0 Å². The summed E-state index contributed by atoms with van der Waals surface area (Å²) in [5.74, 6) is 0. The molecule has 0 N–H and O–H groups in total. The monoisotopic (exact) mass is 259 g/mol. The van der Waals surface area contributed by atoms with Crippen molar-refractivity contribution in [3.8, 4) is 0 Å². The Bertz CT molecular complexity index is 184. The zero-order valence-corrected chi connectivity index (χ0v) is 14.7. The van der Waals surface area contributed by atoms with Gasteiger partial charge in [0.1, 0.15) is 0 Å². The van der Waals surface area contributed by atoms with Crippen molar-refractivity contribution >= 4 is 16.1 Å². The summed E-state index contributed by atoms with van der Waals surface area (Å²) in [4.78, 5) is 0. The molecule has 0 aliphatic rings. The van der Waals surface area contributed by atoms with Gasteiger partial charge in [0.2, 0.25) is 0 Å². The van der Waals surface area contributed by atoms with Gasteiger partial charge in [-0.25, -0.2) is 0 Å². The van der Waals surface area contributed by atoms with Crippen LogP contribution in [0.15, 0.2) is 0 Å². The van der Waals surface area contributed by atoms with Crippen LogP contribution in [0.3, 0.4) is 0 Å². The zero-order chi connectivity index (χ0) is 13.1. The van der Waals surface area contributed by atoms with Crippen LogP contribution in [0.1, 0.15) is 55.4 Å². The highest BCUT2D eigenvalue weighted by molar-refractivity contribution is 7.32. The predicted molar refractivity (Wildman–Crippen MR) is 78.9 cm³/mol. The summed E-state index contributed by atoms with van der Waals surface area (Å²) >= 11 is 0. The van der Waals surface area contributed by atoms with Crippen molar-refractivity contribution in [2.45, 2.75) is 77.6 Å². The predicted octanol–water partition coefficient (Wildman–Crippen LogP) is 4.79. The number of hydrogen-bond donors (Lipinski definition) is 0. The largest absolute Gasteiger partial charge is 0.422 e. The fourth-order valence-corrected chi connectivity index (χ4v) is 20.6. The topological polar surface area (TPSA) is 9.23 Å². The fourth-order valence-electron chi connectivity index (χ4n) is 3.49. The molecule has 1 nitrogen and oxygen atoms in total. The summed E-state index contributed by atoms with van der Waals surface area (Å²) in [6.07, 6.45) is 0. The molecule has 0 aromatic carbocycles. The van der Waals surface area contributed by atoms with Crippen molar-refractivity contribution in [2.24, 2.45) is 0 Å². The Hall–Kier alpha value is 0.394. The third-order valence-corrected chi connectivity index (χ3v) is 21.5. The van der Waals surface area contributed by atoms with Gasteiger partial charge < -0.3 is 4.43 Å². The first-order chi connectivity index (χ1) is 7.21. The molecule has 0 aliphatic heterocycles. The highest BCUT2D eigenvalue weighted by Crippen LogP contribution is 2.42. The molecule has 0 saturated heterocycles. The minimum Gasteiger partial charge on any atom is -0.422 e. The highest BCUT2D eigenvalue weighted by atomic mass is 29.2. The van der Waals surface area contributed by atoms with Gasteiger partial charge in [0, 0.05) is 7.11 Å². The fraction of sp³-hybridized carbons (Fsp3) is 1.00. The van der Waals surface area contributed by atoms with Crippen LogP contribution in [-0.4, -0.2) is 23.3 Å². The smallest absolute Gasteiger partial charge is 0.182 e. The molecule has 97 valence electrons. The molecule has 0 heterocycles. The van der Waals surface area contributed by atoms with Gasteiger partial charge in [-0.3, -0.25) is 0 Å². The van der Waals surface area contributed by atoms with Gasteiger partial charge in [0.05, 0.1) is 8.31 Å². The lowest BCUT2D eigenvalue weighted by atomic mass is 10.5. The third-order valence-electron chi connectivity index (χ3n) is 3.75. The normalized spacial score (nSPS) is 13.9. The number of hydrogen-bond acceptors (Lipinski definition) is 1. The van der Waals surface area contributed by atoms with Gasteiger partial charge in [-0.05, 0) is 11.1 Å². The molecule has 1 radical (unpaired) electrons. The van der Waals surface area contributed by atoms with Gasteiger partial charge in [0.25, 0.3) is 0 Å². The minimum absolute atomic E-state index is 0.409. The van der Waals surface area contributed by atoms with Crippen LogP contribution in [0.5, 0.6) is 0 Å². The van der Waals surface area contributed by atoms with Crippen molar-refractivity contribution in [3.05, 3.63) is 0 Å². The highest BCUT2D eigenvalue weighted by Gasteiger charge is 2.51. The van der Waals surface area contributed by atoms with E-state index in [1.54, 1.807) is 0 Å². The molecule has 0 saturated carbocycles. The van der Waals surface area contributed by atoms with E-state index in [4.69, 9.17) is 4.43 Å². The van der Waals surface area contributed by atoms with Crippen molar-refractivity contribution in [3.63, 3.8) is 0 Å².